The number of benzene rings is 3. The Hall–Kier alpha value is -4.36. The van der Waals surface area contributed by atoms with E-state index in [1.54, 1.807) is 19.1 Å². The number of aromatic nitrogens is 1. The zero-order valence-electron chi connectivity index (χ0n) is 22.2. The van der Waals surface area contributed by atoms with E-state index in [1.165, 1.54) is 74.4 Å². The number of esters is 1. The van der Waals surface area contributed by atoms with Crippen molar-refractivity contribution in [3.63, 3.8) is 0 Å². The lowest BCUT2D eigenvalue weighted by Gasteiger charge is -2.10. The summed E-state index contributed by atoms with van der Waals surface area (Å²) >= 11 is 1.14. The van der Waals surface area contributed by atoms with Crippen molar-refractivity contribution < 1.29 is 37.0 Å². The van der Waals surface area contributed by atoms with Gasteiger partial charge in [-0.1, -0.05) is 17.4 Å². The Kier molecular flexibility index (Phi) is 8.75. The minimum atomic E-state index is -3.93. The van der Waals surface area contributed by atoms with Crippen molar-refractivity contribution in [3.05, 3.63) is 71.0 Å². The summed E-state index contributed by atoms with van der Waals surface area (Å²) in [5.41, 5.74) is 0.831. The number of fused-ring (bicyclic) bond motifs is 1. The third-order valence-electron chi connectivity index (χ3n) is 5.71. The minimum Gasteiger partial charge on any atom is -0.497 e. The zero-order valence-corrected chi connectivity index (χ0v) is 23.8. The van der Waals surface area contributed by atoms with E-state index in [9.17, 15) is 18.0 Å². The van der Waals surface area contributed by atoms with Gasteiger partial charge < -0.3 is 23.5 Å². The number of sulfonamides is 1. The van der Waals surface area contributed by atoms with Gasteiger partial charge in [-0.25, -0.2) is 8.42 Å². The molecule has 0 saturated carbocycles. The maximum atomic E-state index is 13.3. The predicted molar refractivity (Wildman–Crippen MR) is 150 cm³/mol. The number of anilines is 1. The molecule has 1 heterocycles. The van der Waals surface area contributed by atoms with E-state index in [4.69, 9.17) is 18.9 Å². The Balaban J connectivity index is 1.73. The van der Waals surface area contributed by atoms with E-state index in [2.05, 4.69) is 9.71 Å². The first-order chi connectivity index (χ1) is 19.2. The first kappa shape index (κ1) is 28.6. The van der Waals surface area contributed by atoms with Crippen molar-refractivity contribution >= 4 is 49.1 Å². The molecule has 1 amide bonds. The summed E-state index contributed by atoms with van der Waals surface area (Å²) in [6.07, 6.45) is 0. The number of rotatable bonds is 10. The summed E-state index contributed by atoms with van der Waals surface area (Å²) in [7, 11) is 0.564. The summed E-state index contributed by atoms with van der Waals surface area (Å²) in [6, 6.07) is 15.3. The number of amides is 1. The van der Waals surface area contributed by atoms with Gasteiger partial charge in [0.1, 0.15) is 34.0 Å². The second-order valence-corrected chi connectivity index (χ2v) is 10.9. The van der Waals surface area contributed by atoms with Crippen LogP contribution >= 0.6 is 11.3 Å². The zero-order chi connectivity index (χ0) is 28.9. The molecule has 4 aromatic rings. The molecule has 1 aromatic heterocycles. The van der Waals surface area contributed by atoms with Crippen LogP contribution in [0.3, 0.4) is 0 Å². The molecule has 0 radical (unpaired) electrons. The average Bonchev–Trinajstić information content (AvgIpc) is 3.30. The van der Waals surface area contributed by atoms with E-state index < -0.39 is 21.9 Å². The highest BCUT2D eigenvalue weighted by molar-refractivity contribution is 7.92. The SMILES string of the molecule is CCOC(=O)Cn1c(=NC(=O)c2cccc(NS(=O)(=O)c3ccc(OC)cc3)c2)sc2c(OC)ccc(OC)c21. The van der Waals surface area contributed by atoms with Crippen LogP contribution < -0.4 is 23.7 Å². The van der Waals surface area contributed by atoms with Gasteiger partial charge in [-0.15, -0.1) is 0 Å². The Morgan fingerprint density at radius 3 is 2.30 bits per heavy atom. The highest BCUT2D eigenvalue weighted by atomic mass is 32.2. The van der Waals surface area contributed by atoms with Crippen LogP contribution in [-0.2, 0) is 26.1 Å². The first-order valence-electron chi connectivity index (χ1n) is 12.0. The van der Waals surface area contributed by atoms with Crippen LogP contribution in [0.4, 0.5) is 5.69 Å². The summed E-state index contributed by atoms with van der Waals surface area (Å²) in [5, 5.41) is 0. The largest absolute Gasteiger partial charge is 0.497 e. The first-order valence-corrected chi connectivity index (χ1v) is 14.3. The molecule has 0 fully saturated rings. The van der Waals surface area contributed by atoms with Crippen LogP contribution in [0.15, 0.2) is 70.6 Å². The van der Waals surface area contributed by atoms with Gasteiger partial charge in [-0.05, 0) is 61.5 Å². The molecule has 11 nitrogen and oxygen atoms in total. The van der Waals surface area contributed by atoms with Crippen LogP contribution in [0, 0.1) is 0 Å². The molecule has 40 heavy (non-hydrogen) atoms. The highest BCUT2D eigenvalue weighted by Gasteiger charge is 2.20. The lowest BCUT2D eigenvalue weighted by molar-refractivity contribution is -0.143. The normalized spacial score (nSPS) is 11.8. The molecule has 0 aliphatic carbocycles. The second kappa shape index (κ2) is 12.2. The summed E-state index contributed by atoms with van der Waals surface area (Å²) in [4.78, 5) is 30.2. The van der Waals surface area contributed by atoms with Gasteiger partial charge >= 0.3 is 5.97 Å². The maximum absolute atomic E-state index is 13.3. The number of nitrogens with one attached hydrogen (secondary N) is 1. The van der Waals surface area contributed by atoms with Gasteiger partial charge in [-0.2, -0.15) is 4.99 Å². The van der Waals surface area contributed by atoms with Gasteiger partial charge in [0.05, 0.1) is 32.8 Å². The number of ether oxygens (including phenoxy) is 4. The molecule has 0 spiro atoms. The molecular weight excluding hydrogens is 558 g/mol. The van der Waals surface area contributed by atoms with E-state index >= 15 is 0 Å². The molecular formula is C27H27N3O8S2. The quantitative estimate of drug-likeness (QED) is 0.278. The summed E-state index contributed by atoms with van der Waals surface area (Å²) in [6.45, 7) is 1.67. The van der Waals surface area contributed by atoms with Gasteiger partial charge in [0.2, 0.25) is 0 Å². The van der Waals surface area contributed by atoms with Crippen molar-refractivity contribution in [3.8, 4) is 17.2 Å². The topological polar surface area (TPSA) is 135 Å². The number of hydrogen-bond donors (Lipinski definition) is 1. The minimum absolute atomic E-state index is 0.0305. The lowest BCUT2D eigenvalue weighted by atomic mass is 10.2. The smallest absolute Gasteiger partial charge is 0.326 e. The molecule has 0 bridgehead atoms. The molecule has 0 atom stereocenters. The molecule has 4 rings (SSSR count). The van der Waals surface area contributed by atoms with Crippen molar-refractivity contribution in [2.75, 3.05) is 32.7 Å². The molecule has 0 saturated heterocycles. The van der Waals surface area contributed by atoms with Crippen molar-refractivity contribution in [1.82, 2.24) is 4.57 Å². The van der Waals surface area contributed by atoms with Crippen LogP contribution in [0.2, 0.25) is 0 Å². The van der Waals surface area contributed by atoms with E-state index in [0.717, 1.165) is 11.3 Å². The lowest BCUT2D eigenvalue weighted by Crippen LogP contribution is -2.23. The van der Waals surface area contributed by atoms with Crippen molar-refractivity contribution in [1.29, 1.82) is 0 Å². The standard InChI is InChI=1S/C27H27N3O8S2/c1-5-38-23(31)16-30-24-21(36-3)13-14-22(37-4)25(24)39-27(30)28-26(32)17-7-6-8-18(15-17)29-40(33,34)20-11-9-19(35-2)10-12-20/h6-15,29H,5,16H2,1-4H3. The Morgan fingerprint density at radius 2 is 1.65 bits per heavy atom. The van der Waals surface area contributed by atoms with Crippen molar-refractivity contribution in [2.24, 2.45) is 4.99 Å². The van der Waals surface area contributed by atoms with Crippen LogP contribution in [0.25, 0.3) is 10.2 Å². The van der Waals surface area contributed by atoms with Gasteiger partial charge in [0.25, 0.3) is 15.9 Å². The van der Waals surface area contributed by atoms with E-state index in [-0.39, 0.29) is 34.1 Å². The maximum Gasteiger partial charge on any atom is 0.326 e. The van der Waals surface area contributed by atoms with Crippen LogP contribution in [0.1, 0.15) is 17.3 Å². The number of nitrogens with zero attached hydrogens (tertiary/aromatic N) is 2. The molecule has 13 heteroatoms. The fraction of sp³-hybridized carbons (Fsp3) is 0.222. The Morgan fingerprint density at radius 1 is 0.950 bits per heavy atom. The fourth-order valence-corrected chi connectivity index (χ4v) is 6.04. The number of thiazole rings is 1. The average molecular weight is 586 g/mol. The third kappa shape index (κ3) is 6.10. The third-order valence-corrected chi connectivity index (χ3v) is 8.20. The number of hydrogen-bond acceptors (Lipinski definition) is 9. The molecule has 210 valence electrons. The second-order valence-electron chi connectivity index (χ2n) is 8.20. The fourth-order valence-electron chi connectivity index (χ4n) is 3.86. The predicted octanol–water partition coefficient (Wildman–Crippen LogP) is 3.83. The van der Waals surface area contributed by atoms with Gasteiger partial charge in [-0.3, -0.25) is 14.3 Å². The summed E-state index contributed by atoms with van der Waals surface area (Å²) in [5.74, 6) is 0.329. The molecule has 0 aliphatic rings. The van der Waals surface area contributed by atoms with Crippen LogP contribution in [-0.4, -0.2) is 52.8 Å². The van der Waals surface area contributed by atoms with Gasteiger partial charge in [0.15, 0.2) is 4.80 Å². The van der Waals surface area contributed by atoms with Crippen LogP contribution in [0.5, 0.6) is 17.2 Å². The monoisotopic (exact) mass is 585 g/mol. The molecule has 3 aromatic carbocycles. The number of methoxy groups -OCH3 is 3. The van der Waals surface area contributed by atoms with E-state index in [1.807, 2.05) is 0 Å². The van der Waals surface area contributed by atoms with Crippen molar-refractivity contribution in [2.45, 2.75) is 18.4 Å². The molecule has 0 unspecified atom stereocenters. The molecule has 1 N–H and O–H groups in total. The highest BCUT2D eigenvalue weighted by Crippen LogP contribution is 2.35. The van der Waals surface area contributed by atoms with Gasteiger partial charge in [0, 0.05) is 11.3 Å². The van der Waals surface area contributed by atoms with E-state index in [0.29, 0.717) is 27.5 Å². The Bertz CT molecular complexity index is 1730. The summed E-state index contributed by atoms with van der Waals surface area (Å²) < 4.78 is 51.5. The number of carbonyl (C=O) groups excluding carboxylic acids is 2. The number of carbonyl (C=O) groups is 2. The Labute approximate surface area is 234 Å². The molecule has 0 aliphatic heterocycles.